The van der Waals surface area contributed by atoms with Crippen LogP contribution in [0.1, 0.15) is 12.5 Å². The number of nitrogens with two attached hydrogens (primary N) is 2. The molecule has 4 bridgehead atoms. The number of rotatable bonds is 2. The summed E-state index contributed by atoms with van der Waals surface area (Å²) in [5.74, 6) is -0.201. The van der Waals surface area contributed by atoms with E-state index in [4.69, 9.17) is 50.8 Å². The van der Waals surface area contributed by atoms with Gasteiger partial charge >= 0.3 is 14.5 Å². The molecule has 3 fully saturated rings. The molecule has 0 spiro atoms. The maximum absolute atomic E-state index is 13.2. The Balaban J connectivity index is 1.23. The molecule has 4 aromatic heterocycles. The third-order valence-corrected chi connectivity index (χ3v) is 9.87. The minimum atomic E-state index is -5.03. The fourth-order valence-corrected chi connectivity index (χ4v) is 7.62. The lowest BCUT2D eigenvalue weighted by molar-refractivity contribution is -0.0649. The number of hydrogen-bond acceptors (Lipinski definition) is 18. The topological polar surface area (TPSA) is 313 Å². The second kappa shape index (κ2) is 11.1. The summed E-state index contributed by atoms with van der Waals surface area (Å²) < 4.78 is 49.2. The Morgan fingerprint density at radius 3 is 2.18 bits per heavy atom. The molecule has 0 aromatic carbocycles. The highest BCUT2D eigenvalue weighted by Gasteiger charge is 2.53. The van der Waals surface area contributed by atoms with Gasteiger partial charge in [-0.25, -0.2) is 24.5 Å². The summed E-state index contributed by atoms with van der Waals surface area (Å²) in [6, 6.07) is 0. The number of aliphatic hydroxyl groups is 2. The number of aliphatic hydroxyl groups excluding tert-OH is 2. The van der Waals surface area contributed by atoms with E-state index in [1.54, 1.807) is 0 Å². The first-order valence-electron chi connectivity index (χ1n) is 13.0. The average Bonchev–Trinajstić information content (AvgIpc) is 3.72. The van der Waals surface area contributed by atoms with E-state index in [0.717, 1.165) is 12.7 Å². The molecule has 22 nitrogen and oxygen atoms in total. The average molecular weight is 690 g/mol. The zero-order valence-electron chi connectivity index (χ0n) is 22.4. The molecule has 3 saturated heterocycles. The number of phosphoric acid groups is 1. The van der Waals surface area contributed by atoms with Crippen LogP contribution in [0.25, 0.3) is 22.3 Å². The predicted octanol–water partition coefficient (Wildman–Crippen LogP) is -2.23. The van der Waals surface area contributed by atoms with Crippen molar-refractivity contribution in [1.29, 1.82) is 0 Å². The second-order valence-corrected chi connectivity index (χ2v) is 14.3. The van der Waals surface area contributed by atoms with E-state index < -0.39 is 82.4 Å². The lowest BCUT2D eigenvalue weighted by atomic mass is 10.1. The van der Waals surface area contributed by atoms with E-state index in [9.17, 15) is 29.4 Å². The number of nitrogen functional groups attached to an aromatic ring is 2. The van der Waals surface area contributed by atoms with Crippen molar-refractivity contribution in [3.05, 3.63) is 29.3 Å². The first-order valence-corrected chi connectivity index (χ1v) is 17.0. The first kappa shape index (κ1) is 30.6. The van der Waals surface area contributed by atoms with Crippen molar-refractivity contribution in [2.24, 2.45) is 0 Å². The molecule has 0 radical (unpaired) electrons. The third-order valence-electron chi connectivity index (χ3n) is 7.33. The molecular formula is C20H24N10O12P2S. The van der Waals surface area contributed by atoms with E-state index in [2.05, 4.69) is 29.9 Å². The van der Waals surface area contributed by atoms with Gasteiger partial charge in [-0.15, -0.1) is 0 Å². The van der Waals surface area contributed by atoms with Crippen LogP contribution in [-0.2, 0) is 43.9 Å². The number of aromatic amines is 1. The zero-order valence-corrected chi connectivity index (χ0v) is 25.0. The highest BCUT2D eigenvalue weighted by Crippen LogP contribution is 2.54. The molecule has 0 aliphatic carbocycles. The number of ether oxygens (including phenoxy) is 2. The number of aromatic nitrogens is 8. The Bertz CT molecular complexity index is 1940. The van der Waals surface area contributed by atoms with Gasteiger partial charge in [-0.1, -0.05) is 0 Å². The molecule has 0 saturated carbocycles. The number of fused-ring (bicyclic) bond motifs is 6. The normalized spacial score (nSPS) is 37.7. The number of imidazole rings is 2. The zero-order chi connectivity index (χ0) is 31.8. The Labute approximate surface area is 254 Å². The van der Waals surface area contributed by atoms with Crippen LogP contribution in [0.4, 0.5) is 11.8 Å². The van der Waals surface area contributed by atoms with Crippen molar-refractivity contribution in [1.82, 2.24) is 39.0 Å². The van der Waals surface area contributed by atoms with Crippen molar-refractivity contribution in [2.45, 2.75) is 49.1 Å². The number of H-pyrrole nitrogens is 1. The van der Waals surface area contributed by atoms with Crippen molar-refractivity contribution < 1.29 is 52.1 Å². The number of nitrogens with one attached hydrogen (secondary N) is 1. The van der Waals surface area contributed by atoms with Gasteiger partial charge in [-0.2, -0.15) is 4.98 Å². The molecule has 242 valence electrons. The van der Waals surface area contributed by atoms with E-state index >= 15 is 0 Å². The SMILES string of the molecule is Nc1nc2c(ncn2C2OC3COP(=O)(O)OC4C(O)C(COP(O)(=S)OC2C3O)OC4n2cnc3c(N)ncnc32)c(=O)[nH]1. The number of phosphoric ester groups is 1. The molecular weight excluding hydrogens is 666 g/mol. The summed E-state index contributed by atoms with van der Waals surface area (Å²) in [6.45, 7) is -5.63. The van der Waals surface area contributed by atoms with Crippen LogP contribution in [0.3, 0.4) is 0 Å². The van der Waals surface area contributed by atoms with Crippen LogP contribution >= 0.6 is 14.5 Å². The van der Waals surface area contributed by atoms with Crippen molar-refractivity contribution in [2.75, 3.05) is 24.7 Å². The van der Waals surface area contributed by atoms with E-state index in [0.29, 0.717) is 0 Å². The van der Waals surface area contributed by atoms with Crippen LogP contribution in [-0.4, -0.2) is 109 Å². The molecule has 0 amide bonds. The highest BCUT2D eigenvalue weighted by molar-refractivity contribution is 8.07. The van der Waals surface area contributed by atoms with Crippen molar-refractivity contribution in [3.63, 3.8) is 0 Å². The summed E-state index contributed by atoms with van der Waals surface area (Å²) in [5.41, 5.74) is 11.0. The van der Waals surface area contributed by atoms with Gasteiger partial charge in [-0.05, 0) is 11.8 Å². The maximum atomic E-state index is 13.2. The smallest absolute Gasteiger partial charge is 0.387 e. The van der Waals surface area contributed by atoms with Gasteiger partial charge in [0, 0.05) is 0 Å². The van der Waals surface area contributed by atoms with E-state index in [1.807, 2.05) is 0 Å². The molecule has 7 heterocycles. The minimum Gasteiger partial charge on any atom is -0.387 e. The third kappa shape index (κ3) is 5.44. The maximum Gasteiger partial charge on any atom is 0.472 e. The summed E-state index contributed by atoms with van der Waals surface area (Å²) in [5, 5.41) is 22.3. The summed E-state index contributed by atoms with van der Waals surface area (Å²) >= 11 is 5.21. The number of nitrogens with zero attached hydrogens (tertiary/aromatic N) is 7. The molecule has 10 unspecified atom stereocenters. The standard InChI is InChI=1S/C20H24N10O12P2S/c21-14-8-15(24-3-23-14)29(4-25-8)18-12-10(31)7(40-18)2-38-44(36,45)42-13-11(32)6(1-37-43(34,35)41-12)39-19(13)30-5-26-9-16(30)27-20(22)28-17(9)33/h3-7,10-13,18-19,31-32H,1-2H2,(H,34,35)(H,36,45)(H2,21,23,24)(H3,22,27,28,33). The summed E-state index contributed by atoms with van der Waals surface area (Å²) in [7, 11) is -5.03. The predicted molar refractivity (Wildman–Crippen MR) is 150 cm³/mol. The minimum absolute atomic E-state index is 0.0453. The Hall–Kier alpha value is -3.02. The molecule has 10 atom stereocenters. The monoisotopic (exact) mass is 690 g/mol. The van der Waals surface area contributed by atoms with Gasteiger partial charge in [0.05, 0.1) is 25.9 Å². The molecule has 3 aliphatic rings. The van der Waals surface area contributed by atoms with Crippen LogP contribution in [0, 0.1) is 0 Å². The lowest BCUT2D eigenvalue weighted by Crippen LogP contribution is -2.38. The molecule has 3 aliphatic heterocycles. The van der Waals surface area contributed by atoms with Crippen LogP contribution in [0.2, 0.25) is 0 Å². The summed E-state index contributed by atoms with van der Waals surface area (Å²) in [4.78, 5) is 56.5. The molecule has 7 rings (SSSR count). The van der Waals surface area contributed by atoms with Gasteiger partial charge in [0.2, 0.25) is 5.95 Å². The van der Waals surface area contributed by atoms with Gasteiger partial charge in [0.1, 0.15) is 48.5 Å². The molecule has 9 N–H and O–H groups in total. The van der Waals surface area contributed by atoms with Gasteiger partial charge in [-0.3, -0.25) is 32.5 Å². The van der Waals surface area contributed by atoms with Gasteiger partial charge in [0.15, 0.2) is 35.1 Å². The van der Waals surface area contributed by atoms with E-state index in [-0.39, 0.29) is 34.1 Å². The Morgan fingerprint density at radius 1 is 0.889 bits per heavy atom. The van der Waals surface area contributed by atoms with Gasteiger partial charge in [0.25, 0.3) is 5.56 Å². The van der Waals surface area contributed by atoms with Crippen LogP contribution in [0.15, 0.2) is 23.8 Å². The molecule has 45 heavy (non-hydrogen) atoms. The fraction of sp³-hybridized carbons (Fsp3) is 0.500. The molecule has 25 heteroatoms. The van der Waals surface area contributed by atoms with Crippen molar-refractivity contribution in [3.8, 4) is 0 Å². The second-order valence-electron chi connectivity index (χ2n) is 10.1. The quantitative estimate of drug-likeness (QED) is 0.109. The van der Waals surface area contributed by atoms with Crippen molar-refractivity contribution >= 4 is 60.4 Å². The highest BCUT2D eigenvalue weighted by atomic mass is 32.5. The Morgan fingerprint density at radius 2 is 1.49 bits per heavy atom. The van der Waals surface area contributed by atoms with Gasteiger partial charge < -0.3 is 45.5 Å². The van der Waals surface area contributed by atoms with Crippen LogP contribution < -0.4 is 17.0 Å². The largest absolute Gasteiger partial charge is 0.472 e. The number of hydrogen-bond donors (Lipinski definition) is 7. The molecule has 4 aromatic rings. The first-order chi connectivity index (χ1) is 21.3. The fourth-order valence-electron chi connectivity index (χ4n) is 5.28. The van der Waals surface area contributed by atoms with E-state index in [1.165, 1.54) is 15.5 Å². The lowest BCUT2D eigenvalue weighted by Gasteiger charge is -2.27. The summed E-state index contributed by atoms with van der Waals surface area (Å²) in [6.07, 6.45) is -8.26. The number of anilines is 2. The Kier molecular flexibility index (Phi) is 7.52. The van der Waals surface area contributed by atoms with Crippen LogP contribution in [0.5, 0.6) is 0 Å².